The zero-order chi connectivity index (χ0) is 15.3. The van der Waals surface area contributed by atoms with E-state index in [1.807, 2.05) is 0 Å². The second-order valence-corrected chi connectivity index (χ2v) is 9.58. The number of aliphatic hydroxyl groups is 1. The molecule has 0 spiro atoms. The molecule has 1 amide bonds. The molecule has 5 atom stereocenters. The Hall–Kier alpha value is -0.510. The number of carbonyl (C=O) groups is 2. The van der Waals surface area contributed by atoms with E-state index in [4.69, 9.17) is 0 Å². The molecule has 21 heavy (non-hydrogen) atoms. The van der Waals surface area contributed by atoms with Crippen molar-refractivity contribution in [1.82, 2.24) is 4.90 Å². The third-order valence-corrected chi connectivity index (χ3v) is 8.33. The van der Waals surface area contributed by atoms with Crippen LogP contribution >= 0.6 is 23.5 Å². The van der Waals surface area contributed by atoms with Crippen molar-refractivity contribution >= 4 is 46.2 Å². The molecule has 2 N–H and O–H groups in total. The number of hydrogen-bond acceptors (Lipinski definition) is 6. The molecule has 3 aliphatic rings. The molecule has 116 valence electrons. The minimum absolute atomic E-state index is 0.0228. The number of rotatable bonds is 4. The van der Waals surface area contributed by atoms with Crippen LogP contribution in [0.15, 0.2) is 9.93 Å². The van der Waals surface area contributed by atoms with Gasteiger partial charge in [-0.3, -0.25) is 13.9 Å². The van der Waals surface area contributed by atoms with Crippen molar-refractivity contribution in [2.45, 2.75) is 30.1 Å². The number of nitrogens with zero attached hydrogens (tertiary/aromatic N) is 1. The fourth-order valence-corrected chi connectivity index (χ4v) is 7.97. The molecule has 0 aromatic heterocycles. The van der Waals surface area contributed by atoms with Gasteiger partial charge in [0.1, 0.15) is 5.37 Å². The van der Waals surface area contributed by atoms with Crippen molar-refractivity contribution in [3.63, 3.8) is 0 Å². The van der Waals surface area contributed by atoms with Crippen LogP contribution in [0.25, 0.3) is 0 Å². The molecule has 0 saturated carbocycles. The van der Waals surface area contributed by atoms with Crippen LogP contribution in [0.3, 0.4) is 0 Å². The molecular formula is C12H15NO5S3. The molecule has 0 bridgehead atoms. The first-order valence-electron chi connectivity index (χ1n) is 6.57. The Balaban J connectivity index is 1.81. The van der Waals surface area contributed by atoms with Crippen molar-refractivity contribution in [3.8, 4) is 0 Å². The summed E-state index contributed by atoms with van der Waals surface area (Å²) in [4.78, 5) is 24.8. The van der Waals surface area contributed by atoms with Gasteiger partial charge in [0.2, 0.25) is 5.91 Å². The van der Waals surface area contributed by atoms with E-state index in [0.717, 1.165) is 6.42 Å². The SMILES string of the molecule is CC(O)[C@H]1C(=O)N2C(C(=O)O)=C(S[C@H]3CCS(=O)C3)S[C@H]12. The lowest BCUT2D eigenvalue weighted by molar-refractivity contribution is -0.156. The zero-order valence-corrected chi connectivity index (χ0v) is 13.7. The Kier molecular flexibility index (Phi) is 4.10. The molecule has 9 heteroatoms. The lowest BCUT2D eigenvalue weighted by atomic mass is 9.92. The molecule has 3 rings (SSSR count). The minimum atomic E-state index is -1.12. The lowest BCUT2D eigenvalue weighted by Crippen LogP contribution is -2.60. The van der Waals surface area contributed by atoms with Crippen LogP contribution in [-0.4, -0.2) is 59.4 Å². The van der Waals surface area contributed by atoms with Crippen LogP contribution in [0.4, 0.5) is 0 Å². The van der Waals surface area contributed by atoms with Gasteiger partial charge in [0.05, 0.1) is 16.3 Å². The molecule has 2 saturated heterocycles. The fraction of sp³-hybridized carbons (Fsp3) is 0.667. The first-order valence-corrected chi connectivity index (χ1v) is 9.82. The van der Waals surface area contributed by atoms with Crippen LogP contribution in [0, 0.1) is 5.92 Å². The summed E-state index contributed by atoms with van der Waals surface area (Å²) in [6.07, 6.45) is 0.0109. The minimum Gasteiger partial charge on any atom is -0.477 e. The van der Waals surface area contributed by atoms with Gasteiger partial charge in [-0.1, -0.05) is 11.8 Å². The third kappa shape index (κ3) is 2.54. The molecule has 3 heterocycles. The van der Waals surface area contributed by atoms with Gasteiger partial charge in [0.25, 0.3) is 0 Å². The average molecular weight is 349 g/mol. The number of aliphatic carboxylic acids is 1. The van der Waals surface area contributed by atoms with Gasteiger partial charge in [-0.2, -0.15) is 0 Å². The van der Waals surface area contributed by atoms with E-state index in [2.05, 4.69) is 0 Å². The van der Waals surface area contributed by atoms with E-state index in [0.29, 0.717) is 15.7 Å². The molecule has 0 radical (unpaired) electrons. The predicted molar refractivity (Wildman–Crippen MR) is 81.9 cm³/mol. The van der Waals surface area contributed by atoms with E-state index in [9.17, 15) is 24.0 Å². The average Bonchev–Trinajstić information content (AvgIpc) is 2.91. The van der Waals surface area contributed by atoms with E-state index < -0.39 is 28.8 Å². The van der Waals surface area contributed by atoms with Gasteiger partial charge in [0, 0.05) is 27.6 Å². The topological polar surface area (TPSA) is 94.9 Å². The summed E-state index contributed by atoms with van der Waals surface area (Å²) in [7, 11) is -0.819. The summed E-state index contributed by atoms with van der Waals surface area (Å²) in [5.74, 6) is -0.768. The number of fused-ring (bicyclic) bond motifs is 1. The van der Waals surface area contributed by atoms with Crippen molar-refractivity contribution in [2.24, 2.45) is 5.92 Å². The number of carboxylic acids is 1. The monoisotopic (exact) mass is 349 g/mol. The third-order valence-electron chi connectivity index (χ3n) is 3.78. The standard InChI is InChI=1S/C12H15NO5S3/c1-5(14)7-9(15)13-8(11(16)17)12(20-10(7)13)19-6-2-3-21(18)4-6/h5-7,10,14H,2-4H2,1H3,(H,16,17)/t5?,6-,7-,10+,21?/m0/s1. The Morgan fingerprint density at radius 1 is 1.57 bits per heavy atom. The first-order chi connectivity index (χ1) is 9.90. The highest BCUT2D eigenvalue weighted by Crippen LogP contribution is 2.55. The van der Waals surface area contributed by atoms with E-state index >= 15 is 0 Å². The number of carbonyl (C=O) groups excluding carboxylic acids is 1. The summed E-state index contributed by atoms with van der Waals surface area (Å²) in [5, 5.41) is 18.8. The Morgan fingerprint density at radius 3 is 2.81 bits per heavy atom. The zero-order valence-electron chi connectivity index (χ0n) is 11.2. The Labute approximate surface area is 132 Å². The Morgan fingerprint density at radius 2 is 2.29 bits per heavy atom. The lowest BCUT2D eigenvalue weighted by Gasteiger charge is -2.43. The van der Waals surface area contributed by atoms with Crippen molar-refractivity contribution in [2.75, 3.05) is 11.5 Å². The smallest absolute Gasteiger partial charge is 0.354 e. The summed E-state index contributed by atoms with van der Waals surface area (Å²) in [6, 6.07) is 0. The van der Waals surface area contributed by atoms with E-state index in [1.165, 1.54) is 28.4 Å². The van der Waals surface area contributed by atoms with E-state index in [1.54, 1.807) is 6.92 Å². The summed E-state index contributed by atoms with van der Waals surface area (Å²) < 4.78 is 12.0. The first kappa shape index (κ1) is 15.4. The maximum atomic E-state index is 12.0. The summed E-state index contributed by atoms with van der Waals surface area (Å²) >= 11 is 2.74. The maximum Gasteiger partial charge on any atom is 0.354 e. The molecule has 0 aromatic carbocycles. The summed E-state index contributed by atoms with van der Waals surface area (Å²) in [5.41, 5.74) is 0.0228. The number of thioether (sulfide) groups is 2. The highest BCUT2D eigenvalue weighted by molar-refractivity contribution is 8.23. The van der Waals surface area contributed by atoms with E-state index in [-0.39, 0.29) is 22.2 Å². The normalized spacial score (nSPS) is 36.7. The van der Waals surface area contributed by atoms with Gasteiger partial charge >= 0.3 is 5.97 Å². The van der Waals surface area contributed by atoms with Gasteiger partial charge in [-0.15, -0.1) is 11.8 Å². The molecule has 0 aromatic rings. The molecule has 0 aliphatic carbocycles. The van der Waals surface area contributed by atoms with Crippen molar-refractivity contribution < 1.29 is 24.0 Å². The molecule has 3 aliphatic heterocycles. The van der Waals surface area contributed by atoms with Gasteiger partial charge in [-0.05, 0) is 13.3 Å². The van der Waals surface area contributed by atoms with Crippen LogP contribution in [-0.2, 0) is 20.4 Å². The van der Waals surface area contributed by atoms with Crippen molar-refractivity contribution in [1.29, 1.82) is 0 Å². The Bertz CT molecular complexity index is 561. The van der Waals surface area contributed by atoms with Crippen LogP contribution in [0.5, 0.6) is 0 Å². The number of β-lactam (4-membered cyclic amide) rings is 1. The van der Waals surface area contributed by atoms with Crippen LogP contribution < -0.4 is 0 Å². The van der Waals surface area contributed by atoms with Gasteiger partial charge in [-0.25, -0.2) is 4.79 Å². The quantitative estimate of drug-likeness (QED) is 0.710. The largest absolute Gasteiger partial charge is 0.477 e. The second kappa shape index (κ2) is 5.60. The van der Waals surface area contributed by atoms with Gasteiger partial charge < -0.3 is 10.2 Å². The fourth-order valence-electron chi connectivity index (χ4n) is 2.71. The highest BCUT2D eigenvalue weighted by Gasteiger charge is 2.58. The molecule has 2 fully saturated rings. The van der Waals surface area contributed by atoms with Crippen LogP contribution in [0.2, 0.25) is 0 Å². The number of carboxylic acid groups (broad SMARTS) is 1. The number of hydrogen-bond donors (Lipinski definition) is 2. The molecular weight excluding hydrogens is 334 g/mol. The molecule has 2 unspecified atom stereocenters. The predicted octanol–water partition coefficient (Wildman–Crippen LogP) is 0.406. The number of aliphatic hydroxyl groups excluding tert-OH is 1. The molecule has 6 nitrogen and oxygen atoms in total. The highest BCUT2D eigenvalue weighted by atomic mass is 32.2. The maximum absolute atomic E-state index is 12.0. The second-order valence-electron chi connectivity index (χ2n) is 5.26. The summed E-state index contributed by atoms with van der Waals surface area (Å²) in [6.45, 7) is 1.55. The van der Waals surface area contributed by atoms with Crippen molar-refractivity contribution in [3.05, 3.63) is 9.93 Å². The van der Waals surface area contributed by atoms with Crippen LogP contribution in [0.1, 0.15) is 13.3 Å². The van der Waals surface area contributed by atoms with Gasteiger partial charge in [0.15, 0.2) is 5.70 Å². The number of amides is 1.